The van der Waals surface area contributed by atoms with E-state index in [0.29, 0.717) is 12.1 Å². The van der Waals surface area contributed by atoms with Gasteiger partial charge in [0.05, 0.1) is 34.2 Å². The second-order valence-corrected chi connectivity index (χ2v) is 9.77. The molecule has 8 nitrogen and oxygen atoms in total. The van der Waals surface area contributed by atoms with Gasteiger partial charge in [-0.05, 0) is 62.1 Å². The lowest BCUT2D eigenvalue weighted by Gasteiger charge is -2.13. The Balaban J connectivity index is 1.57. The van der Waals surface area contributed by atoms with E-state index < -0.39 is 0 Å². The van der Waals surface area contributed by atoms with Gasteiger partial charge in [-0.15, -0.1) is 16.4 Å². The van der Waals surface area contributed by atoms with Crippen LogP contribution in [0.25, 0.3) is 21.9 Å². The molecular formula is C26H27N7OS. The second kappa shape index (κ2) is 9.42. The van der Waals surface area contributed by atoms with Crippen molar-refractivity contribution in [3.8, 4) is 16.3 Å². The number of aromatic nitrogens is 6. The molecule has 0 spiro atoms. The molecular weight excluding hydrogens is 458 g/mol. The van der Waals surface area contributed by atoms with Gasteiger partial charge in [0.2, 0.25) is 0 Å². The summed E-state index contributed by atoms with van der Waals surface area (Å²) in [6.45, 7) is 8.62. The van der Waals surface area contributed by atoms with Gasteiger partial charge in [0.15, 0.2) is 5.65 Å². The van der Waals surface area contributed by atoms with Crippen LogP contribution >= 0.6 is 11.3 Å². The van der Waals surface area contributed by atoms with Gasteiger partial charge in [-0.2, -0.15) is 0 Å². The number of fused-ring (bicyclic) bond motifs is 1. The maximum atomic E-state index is 13.4. The summed E-state index contributed by atoms with van der Waals surface area (Å²) in [5.41, 5.74) is 7.03. The van der Waals surface area contributed by atoms with E-state index >= 15 is 0 Å². The quantitative estimate of drug-likeness (QED) is 0.361. The number of imidazole rings is 1. The minimum Gasteiger partial charge on any atom is -0.348 e. The molecule has 5 aromatic rings. The fourth-order valence-corrected chi connectivity index (χ4v) is 5.09. The normalized spacial score (nSPS) is 11.3. The van der Waals surface area contributed by atoms with Crippen LogP contribution in [0.15, 0.2) is 49.1 Å². The van der Waals surface area contributed by atoms with Crippen molar-refractivity contribution < 1.29 is 4.79 Å². The number of rotatable bonds is 7. The SMILES string of the molecule is CCc1cc(C)ncc1CNC(=O)c1cc(-n2nncc2CC)c2ncc(-c3ccc(C)s3)n2c1. The molecule has 1 amide bonds. The zero-order valence-corrected chi connectivity index (χ0v) is 21.1. The average Bonchev–Trinajstić information content (AvgIpc) is 3.61. The molecule has 0 atom stereocenters. The molecule has 5 aromatic heterocycles. The third-order valence-corrected chi connectivity index (χ3v) is 7.11. The number of thiophene rings is 1. The number of nitrogens with one attached hydrogen (secondary N) is 1. The number of pyridine rings is 2. The van der Waals surface area contributed by atoms with Gasteiger partial charge < -0.3 is 5.32 Å². The molecule has 0 saturated heterocycles. The minimum absolute atomic E-state index is 0.170. The Bertz CT molecular complexity index is 1530. The molecule has 0 unspecified atom stereocenters. The summed E-state index contributed by atoms with van der Waals surface area (Å²) in [5.74, 6) is -0.170. The van der Waals surface area contributed by atoms with Gasteiger partial charge >= 0.3 is 0 Å². The van der Waals surface area contributed by atoms with Crippen LogP contribution in [0, 0.1) is 13.8 Å². The summed E-state index contributed by atoms with van der Waals surface area (Å²) in [6.07, 6.45) is 8.93. The van der Waals surface area contributed by atoms with Crippen LogP contribution < -0.4 is 5.32 Å². The summed E-state index contributed by atoms with van der Waals surface area (Å²) in [6, 6.07) is 8.08. The number of carbonyl (C=O) groups is 1. The van der Waals surface area contributed by atoms with E-state index in [0.717, 1.165) is 51.7 Å². The molecule has 0 fully saturated rings. The van der Waals surface area contributed by atoms with E-state index in [1.807, 2.05) is 36.0 Å². The molecule has 9 heteroatoms. The Labute approximate surface area is 207 Å². The van der Waals surface area contributed by atoms with E-state index in [4.69, 9.17) is 4.98 Å². The summed E-state index contributed by atoms with van der Waals surface area (Å²) in [4.78, 5) is 24.8. The minimum atomic E-state index is -0.170. The second-order valence-electron chi connectivity index (χ2n) is 8.48. The van der Waals surface area contributed by atoms with Crippen LogP contribution in [-0.4, -0.2) is 35.3 Å². The Kier molecular flexibility index (Phi) is 6.17. The zero-order chi connectivity index (χ0) is 24.5. The van der Waals surface area contributed by atoms with Crippen LogP contribution in [-0.2, 0) is 19.4 Å². The largest absolute Gasteiger partial charge is 0.348 e. The molecule has 0 radical (unpaired) electrons. The maximum Gasteiger partial charge on any atom is 0.253 e. The molecule has 5 rings (SSSR count). The standard InChI is InChI=1S/C26H27N7OS/c1-5-18-9-16(3)27-11-20(18)12-29-26(34)19-10-22(33-21(6-2)13-30-31-33)25-28-14-23(32(25)15-19)24-8-7-17(4)35-24/h7-11,13-15H,5-6,12H2,1-4H3,(H,29,34). The highest BCUT2D eigenvalue weighted by Crippen LogP contribution is 2.30. The molecule has 0 bridgehead atoms. The lowest BCUT2D eigenvalue weighted by atomic mass is 10.1. The third kappa shape index (κ3) is 4.35. The maximum absolute atomic E-state index is 13.4. The number of hydrogen-bond acceptors (Lipinski definition) is 6. The summed E-state index contributed by atoms with van der Waals surface area (Å²) in [7, 11) is 0. The topological polar surface area (TPSA) is 90.0 Å². The van der Waals surface area contributed by atoms with Crippen LogP contribution in [0.3, 0.4) is 0 Å². The van der Waals surface area contributed by atoms with Crippen molar-refractivity contribution in [3.05, 3.63) is 82.0 Å². The van der Waals surface area contributed by atoms with E-state index in [2.05, 4.69) is 59.6 Å². The van der Waals surface area contributed by atoms with E-state index in [1.54, 1.807) is 22.2 Å². The number of carbonyl (C=O) groups excluding carboxylic acids is 1. The van der Waals surface area contributed by atoms with Crippen LogP contribution in [0.4, 0.5) is 0 Å². The van der Waals surface area contributed by atoms with Gasteiger partial charge in [-0.1, -0.05) is 19.1 Å². The lowest BCUT2D eigenvalue weighted by molar-refractivity contribution is 0.0950. The highest BCUT2D eigenvalue weighted by atomic mass is 32.1. The highest BCUT2D eigenvalue weighted by molar-refractivity contribution is 7.15. The highest BCUT2D eigenvalue weighted by Gasteiger charge is 2.19. The summed E-state index contributed by atoms with van der Waals surface area (Å²) >= 11 is 1.70. The van der Waals surface area contributed by atoms with Crippen molar-refractivity contribution in [3.63, 3.8) is 0 Å². The van der Waals surface area contributed by atoms with Gasteiger partial charge in [-0.3, -0.25) is 14.2 Å². The van der Waals surface area contributed by atoms with Gasteiger partial charge in [0, 0.05) is 29.5 Å². The van der Waals surface area contributed by atoms with Crippen molar-refractivity contribution in [1.82, 2.24) is 34.7 Å². The first-order chi connectivity index (χ1) is 17.0. The van der Waals surface area contributed by atoms with Crippen molar-refractivity contribution >= 4 is 22.9 Å². The Morgan fingerprint density at radius 1 is 1.03 bits per heavy atom. The third-order valence-electron chi connectivity index (χ3n) is 6.09. The molecule has 1 N–H and O–H groups in total. The Hall–Kier alpha value is -3.85. The first-order valence-corrected chi connectivity index (χ1v) is 12.5. The smallest absolute Gasteiger partial charge is 0.253 e. The number of amides is 1. The molecule has 0 aliphatic rings. The molecule has 0 aromatic carbocycles. The van der Waals surface area contributed by atoms with Gasteiger partial charge in [0.1, 0.15) is 5.69 Å². The molecule has 35 heavy (non-hydrogen) atoms. The first-order valence-electron chi connectivity index (χ1n) is 11.7. The van der Waals surface area contributed by atoms with Gasteiger partial charge in [-0.25, -0.2) is 9.67 Å². The van der Waals surface area contributed by atoms with Crippen LogP contribution in [0.2, 0.25) is 0 Å². The van der Waals surface area contributed by atoms with Crippen LogP contribution in [0.5, 0.6) is 0 Å². The van der Waals surface area contributed by atoms with E-state index in [9.17, 15) is 4.79 Å². The average molecular weight is 486 g/mol. The van der Waals surface area contributed by atoms with Crippen molar-refractivity contribution in [1.29, 1.82) is 0 Å². The zero-order valence-electron chi connectivity index (χ0n) is 20.2. The van der Waals surface area contributed by atoms with E-state index in [-0.39, 0.29) is 5.91 Å². The molecule has 0 aliphatic carbocycles. The molecule has 178 valence electrons. The number of nitrogens with zero attached hydrogens (tertiary/aromatic N) is 6. The van der Waals surface area contributed by atoms with Gasteiger partial charge in [0.25, 0.3) is 5.91 Å². The lowest BCUT2D eigenvalue weighted by Crippen LogP contribution is -2.24. The molecule has 0 aliphatic heterocycles. The fraction of sp³-hybridized carbons (Fsp3) is 0.269. The first kappa shape index (κ1) is 22.9. The fourth-order valence-electron chi connectivity index (χ4n) is 4.21. The van der Waals surface area contributed by atoms with Crippen LogP contribution in [0.1, 0.15) is 51.6 Å². The van der Waals surface area contributed by atoms with Crippen molar-refractivity contribution in [2.45, 2.75) is 47.1 Å². The monoisotopic (exact) mass is 485 g/mol. The number of aryl methyl sites for hydroxylation is 4. The summed E-state index contributed by atoms with van der Waals surface area (Å²) in [5, 5.41) is 11.5. The Morgan fingerprint density at radius 2 is 1.89 bits per heavy atom. The summed E-state index contributed by atoms with van der Waals surface area (Å²) < 4.78 is 3.74. The predicted molar refractivity (Wildman–Crippen MR) is 137 cm³/mol. The van der Waals surface area contributed by atoms with Crippen molar-refractivity contribution in [2.75, 3.05) is 0 Å². The Morgan fingerprint density at radius 3 is 2.63 bits per heavy atom. The molecule has 0 saturated carbocycles. The van der Waals surface area contributed by atoms with E-state index in [1.165, 1.54) is 10.4 Å². The molecule has 5 heterocycles. The van der Waals surface area contributed by atoms with Crippen molar-refractivity contribution in [2.24, 2.45) is 0 Å². The predicted octanol–water partition coefficient (Wildman–Crippen LogP) is 4.71. The number of hydrogen-bond donors (Lipinski definition) is 1.